The van der Waals surface area contributed by atoms with Gasteiger partial charge in [-0.2, -0.15) is 5.10 Å². The molecule has 3 N–H and O–H groups in total. The van der Waals surface area contributed by atoms with E-state index in [0.29, 0.717) is 12.2 Å². The van der Waals surface area contributed by atoms with Gasteiger partial charge >= 0.3 is 0 Å². The van der Waals surface area contributed by atoms with E-state index in [9.17, 15) is 4.79 Å². The minimum atomic E-state index is -0.103. The summed E-state index contributed by atoms with van der Waals surface area (Å²) < 4.78 is 1.61. The lowest BCUT2D eigenvalue weighted by Crippen LogP contribution is -2.28. The zero-order chi connectivity index (χ0) is 13.1. The summed E-state index contributed by atoms with van der Waals surface area (Å²) in [6.45, 7) is 4.29. The molecule has 0 spiro atoms. The molecule has 0 aliphatic heterocycles. The predicted molar refractivity (Wildman–Crippen MR) is 70.1 cm³/mol. The number of carbonyl (C=O) groups is 1. The largest absolute Gasteiger partial charge is 0.396 e. The van der Waals surface area contributed by atoms with E-state index in [2.05, 4.69) is 15.4 Å². The first kappa shape index (κ1) is 12.6. The first-order chi connectivity index (χ1) is 8.58. The van der Waals surface area contributed by atoms with Gasteiger partial charge in [-0.3, -0.25) is 9.48 Å². The van der Waals surface area contributed by atoms with Gasteiger partial charge in [0.05, 0.1) is 34.8 Å². The Labute approximate surface area is 109 Å². The molecule has 2 aromatic heterocycles. The van der Waals surface area contributed by atoms with Crippen molar-refractivity contribution < 1.29 is 4.79 Å². The minimum Gasteiger partial charge on any atom is -0.396 e. The van der Waals surface area contributed by atoms with Crippen LogP contribution in [-0.4, -0.2) is 20.7 Å². The Morgan fingerprint density at radius 1 is 1.56 bits per heavy atom. The number of nitrogens with zero attached hydrogens (tertiary/aromatic N) is 3. The Balaban J connectivity index is 1.93. The van der Waals surface area contributed by atoms with Gasteiger partial charge in [-0.1, -0.05) is 0 Å². The number of carbonyl (C=O) groups excluding carboxylic acids is 1. The van der Waals surface area contributed by atoms with Gasteiger partial charge in [0.25, 0.3) is 0 Å². The average molecular weight is 265 g/mol. The number of nitrogens with one attached hydrogen (secondary N) is 1. The van der Waals surface area contributed by atoms with Crippen molar-refractivity contribution >= 4 is 22.9 Å². The van der Waals surface area contributed by atoms with Gasteiger partial charge in [0, 0.05) is 5.38 Å². The van der Waals surface area contributed by atoms with Crippen LogP contribution in [0.15, 0.2) is 10.9 Å². The highest BCUT2D eigenvalue weighted by molar-refractivity contribution is 7.07. The number of nitrogens with two attached hydrogens (primary N) is 1. The van der Waals surface area contributed by atoms with E-state index in [-0.39, 0.29) is 12.5 Å². The molecule has 0 bridgehead atoms. The molecule has 0 saturated carbocycles. The lowest BCUT2D eigenvalue weighted by Gasteiger charge is -2.05. The topological polar surface area (TPSA) is 85.8 Å². The van der Waals surface area contributed by atoms with Crippen molar-refractivity contribution in [3.63, 3.8) is 0 Å². The molecule has 0 fully saturated rings. The van der Waals surface area contributed by atoms with Crippen LogP contribution in [0.4, 0.5) is 5.69 Å². The molecule has 6 nitrogen and oxygen atoms in total. The third-order valence-electron chi connectivity index (χ3n) is 2.68. The van der Waals surface area contributed by atoms with Crippen LogP contribution in [0.25, 0.3) is 0 Å². The van der Waals surface area contributed by atoms with Gasteiger partial charge in [0.2, 0.25) is 5.91 Å². The van der Waals surface area contributed by atoms with Crippen LogP contribution < -0.4 is 11.1 Å². The Morgan fingerprint density at radius 2 is 2.33 bits per heavy atom. The maximum absolute atomic E-state index is 11.7. The average Bonchev–Trinajstić information content (AvgIpc) is 2.93. The number of thiazole rings is 1. The highest BCUT2D eigenvalue weighted by Gasteiger charge is 2.11. The number of nitrogen functional groups attached to an aromatic ring is 1. The van der Waals surface area contributed by atoms with Crippen molar-refractivity contribution in [2.75, 3.05) is 5.73 Å². The molecule has 0 aromatic carbocycles. The first-order valence-electron chi connectivity index (χ1n) is 5.51. The van der Waals surface area contributed by atoms with Gasteiger partial charge < -0.3 is 11.1 Å². The Bertz CT molecular complexity index is 546. The number of aromatic nitrogens is 3. The molecule has 2 aromatic rings. The smallest absolute Gasteiger partial charge is 0.242 e. The highest BCUT2D eigenvalue weighted by Crippen LogP contribution is 2.14. The van der Waals surface area contributed by atoms with Gasteiger partial charge in [0.1, 0.15) is 6.54 Å². The molecule has 1 amide bonds. The molecule has 0 atom stereocenters. The number of hydrogen-bond donors (Lipinski definition) is 2. The van der Waals surface area contributed by atoms with Crippen LogP contribution in [0.5, 0.6) is 0 Å². The fraction of sp³-hybridized carbons (Fsp3) is 0.364. The molecular weight excluding hydrogens is 250 g/mol. The van der Waals surface area contributed by atoms with Crippen LogP contribution in [0.3, 0.4) is 0 Å². The highest BCUT2D eigenvalue weighted by atomic mass is 32.1. The predicted octanol–water partition coefficient (Wildman–Crippen LogP) is 0.855. The van der Waals surface area contributed by atoms with Gasteiger partial charge in [0.15, 0.2) is 0 Å². The molecule has 0 unspecified atom stereocenters. The van der Waals surface area contributed by atoms with E-state index >= 15 is 0 Å². The standard InChI is InChI=1S/C11H15N5OS/c1-7-11(12)8(2)16(15-7)4-10(17)13-3-9-5-18-6-14-9/h5-6H,3-4,12H2,1-2H3,(H,13,17). The monoisotopic (exact) mass is 265 g/mol. The lowest BCUT2D eigenvalue weighted by atomic mass is 10.3. The second-order valence-corrected chi connectivity index (χ2v) is 4.72. The maximum Gasteiger partial charge on any atom is 0.242 e. The molecule has 0 radical (unpaired) electrons. The van der Waals surface area contributed by atoms with E-state index in [1.54, 1.807) is 10.2 Å². The summed E-state index contributed by atoms with van der Waals surface area (Å²) in [5.74, 6) is -0.103. The summed E-state index contributed by atoms with van der Waals surface area (Å²) >= 11 is 1.51. The van der Waals surface area contributed by atoms with Crippen LogP contribution >= 0.6 is 11.3 Å². The van der Waals surface area contributed by atoms with E-state index in [1.807, 2.05) is 19.2 Å². The molecule has 18 heavy (non-hydrogen) atoms. The van der Waals surface area contributed by atoms with Crippen LogP contribution in [0.2, 0.25) is 0 Å². The molecule has 0 aliphatic rings. The molecule has 2 rings (SSSR count). The summed E-state index contributed by atoms with van der Waals surface area (Å²) in [5, 5.41) is 8.91. The second kappa shape index (κ2) is 5.18. The quantitative estimate of drug-likeness (QED) is 0.858. The molecule has 96 valence electrons. The van der Waals surface area contributed by atoms with E-state index in [1.165, 1.54) is 11.3 Å². The summed E-state index contributed by atoms with van der Waals surface area (Å²) in [6, 6.07) is 0. The zero-order valence-corrected chi connectivity index (χ0v) is 11.1. The van der Waals surface area contributed by atoms with E-state index < -0.39 is 0 Å². The zero-order valence-electron chi connectivity index (χ0n) is 10.3. The number of amides is 1. The lowest BCUT2D eigenvalue weighted by molar-refractivity contribution is -0.122. The molecule has 2 heterocycles. The van der Waals surface area contributed by atoms with Gasteiger partial charge in [-0.15, -0.1) is 11.3 Å². The Morgan fingerprint density at radius 3 is 2.89 bits per heavy atom. The Hall–Kier alpha value is -1.89. The molecule has 7 heteroatoms. The third-order valence-corrected chi connectivity index (χ3v) is 3.32. The van der Waals surface area contributed by atoms with Gasteiger partial charge in [-0.05, 0) is 13.8 Å². The van der Waals surface area contributed by atoms with Gasteiger partial charge in [-0.25, -0.2) is 4.98 Å². The van der Waals surface area contributed by atoms with Crippen molar-refractivity contribution in [2.24, 2.45) is 0 Å². The van der Waals surface area contributed by atoms with Crippen LogP contribution in [0.1, 0.15) is 17.1 Å². The SMILES string of the molecule is Cc1nn(CC(=O)NCc2cscn2)c(C)c1N. The van der Waals surface area contributed by atoms with Crippen molar-refractivity contribution in [1.82, 2.24) is 20.1 Å². The van der Waals surface area contributed by atoms with Crippen molar-refractivity contribution in [3.05, 3.63) is 28.0 Å². The van der Waals surface area contributed by atoms with Crippen LogP contribution in [-0.2, 0) is 17.9 Å². The van der Waals surface area contributed by atoms with E-state index in [0.717, 1.165) is 17.1 Å². The van der Waals surface area contributed by atoms with E-state index in [4.69, 9.17) is 5.73 Å². The second-order valence-electron chi connectivity index (χ2n) is 4.00. The van der Waals surface area contributed by atoms with Crippen molar-refractivity contribution in [1.29, 1.82) is 0 Å². The van der Waals surface area contributed by atoms with Crippen LogP contribution in [0, 0.1) is 13.8 Å². The summed E-state index contributed by atoms with van der Waals surface area (Å²) in [7, 11) is 0. The molecule has 0 saturated heterocycles. The normalized spacial score (nSPS) is 10.6. The fourth-order valence-corrected chi connectivity index (χ4v) is 2.13. The molecule has 0 aliphatic carbocycles. The number of anilines is 1. The maximum atomic E-state index is 11.7. The third kappa shape index (κ3) is 2.67. The minimum absolute atomic E-state index is 0.103. The number of aryl methyl sites for hydroxylation is 1. The summed E-state index contributed by atoms with van der Waals surface area (Å²) in [6.07, 6.45) is 0. The fourth-order valence-electron chi connectivity index (χ4n) is 1.57. The summed E-state index contributed by atoms with van der Waals surface area (Å²) in [5.41, 5.74) is 10.6. The molecular formula is C11H15N5OS. The summed E-state index contributed by atoms with van der Waals surface area (Å²) in [4.78, 5) is 15.8. The Kier molecular flexibility index (Phi) is 3.61. The van der Waals surface area contributed by atoms with Crippen molar-refractivity contribution in [2.45, 2.75) is 26.9 Å². The van der Waals surface area contributed by atoms with Crippen molar-refractivity contribution in [3.8, 4) is 0 Å². The number of hydrogen-bond acceptors (Lipinski definition) is 5. The number of rotatable bonds is 4. The first-order valence-corrected chi connectivity index (χ1v) is 6.45.